The van der Waals surface area contributed by atoms with Crippen molar-refractivity contribution in [3.8, 4) is 12.3 Å². The Bertz CT molecular complexity index is 172. The fourth-order valence-corrected chi connectivity index (χ4v) is 1.74. The largest absolute Gasteiger partial charge is 0.480 e. The van der Waals surface area contributed by atoms with E-state index in [-0.39, 0.29) is 5.25 Å². The van der Waals surface area contributed by atoms with Crippen molar-refractivity contribution < 1.29 is 9.90 Å². The molecular weight excluding hydrogens is 172 g/mol. The van der Waals surface area contributed by atoms with Gasteiger partial charge >= 0.3 is 5.97 Å². The molecule has 0 aromatic carbocycles. The molecule has 0 bridgehead atoms. The highest BCUT2D eigenvalue weighted by Gasteiger charge is 2.13. The highest BCUT2D eigenvalue weighted by Crippen LogP contribution is 2.16. The summed E-state index contributed by atoms with van der Waals surface area (Å²) in [4.78, 5) is 10.5. The first-order chi connectivity index (χ1) is 5.72. The number of thioether (sulfide) groups is 1. The minimum atomic E-state index is -0.719. The molecule has 0 amide bonds. The Morgan fingerprint density at radius 3 is 2.83 bits per heavy atom. The molecule has 0 aliphatic carbocycles. The maximum absolute atomic E-state index is 10.5. The van der Waals surface area contributed by atoms with Gasteiger partial charge in [-0.25, -0.2) is 0 Å². The van der Waals surface area contributed by atoms with Crippen molar-refractivity contribution in [3.63, 3.8) is 0 Å². The quantitative estimate of drug-likeness (QED) is 0.509. The molecule has 1 atom stereocenters. The van der Waals surface area contributed by atoms with E-state index in [1.165, 1.54) is 11.8 Å². The van der Waals surface area contributed by atoms with Gasteiger partial charge in [-0.1, -0.05) is 6.92 Å². The topological polar surface area (TPSA) is 37.3 Å². The van der Waals surface area contributed by atoms with Gasteiger partial charge in [-0.2, -0.15) is 0 Å². The number of unbranched alkanes of at least 4 members (excludes halogenated alkanes) is 1. The highest BCUT2D eigenvalue weighted by atomic mass is 32.2. The van der Waals surface area contributed by atoms with Gasteiger partial charge in [-0.15, -0.1) is 24.1 Å². The standard InChI is InChI=1S/C9H14O2S/c1-3-5-6-7-12-8(4-2)9(10)11/h1,8H,4-7H2,2H3,(H,10,11). The van der Waals surface area contributed by atoms with Crippen molar-refractivity contribution in [2.45, 2.75) is 31.4 Å². The van der Waals surface area contributed by atoms with Crippen LogP contribution in [0.15, 0.2) is 0 Å². The molecule has 68 valence electrons. The molecule has 0 aromatic heterocycles. The Hall–Kier alpha value is -0.620. The lowest BCUT2D eigenvalue weighted by molar-refractivity contribution is -0.136. The molecule has 2 nitrogen and oxygen atoms in total. The summed E-state index contributed by atoms with van der Waals surface area (Å²) in [5.74, 6) is 2.65. The first kappa shape index (κ1) is 11.4. The summed E-state index contributed by atoms with van der Waals surface area (Å²) in [5, 5.41) is 8.41. The molecule has 0 saturated carbocycles. The predicted molar refractivity (Wildman–Crippen MR) is 52.2 cm³/mol. The van der Waals surface area contributed by atoms with Crippen LogP contribution in [0.2, 0.25) is 0 Å². The Kier molecular flexibility index (Phi) is 6.69. The summed E-state index contributed by atoms with van der Waals surface area (Å²) in [6, 6.07) is 0. The second-order valence-electron chi connectivity index (χ2n) is 2.41. The molecule has 1 unspecified atom stereocenters. The number of hydrogen-bond acceptors (Lipinski definition) is 2. The van der Waals surface area contributed by atoms with Gasteiger partial charge < -0.3 is 5.11 Å². The van der Waals surface area contributed by atoms with Gasteiger partial charge in [0.05, 0.1) is 0 Å². The lowest BCUT2D eigenvalue weighted by Gasteiger charge is -2.07. The maximum Gasteiger partial charge on any atom is 0.316 e. The van der Waals surface area contributed by atoms with Gasteiger partial charge in [0.15, 0.2) is 0 Å². The summed E-state index contributed by atoms with van der Waals surface area (Å²) in [6.45, 7) is 1.88. The van der Waals surface area contributed by atoms with Gasteiger partial charge in [-0.05, 0) is 18.6 Å². The van der Waals surface area contributed by atoms with Crippen molar-refractivity contribution >= 4 is 17.7 Å². The van der Waals surface area contributed by atoms with Crippen LogP contribution < -0.4 is 0 Å². The smallest absolute Gasteiger partial charge is 0.316 e. The fourth-order valence-electron chi connectivity index (χ4n) is 0.764. The van der Waals surface area contributed by atoms with Crippen molar-refractivity contribution in [1.29, 1.82) is 0 Å². The predicted octanol–water partition coefficient (Wildman–Crippen LogP) is 2.00. The first-order valence-corrected chi connectivity index (χ1v) is 5.05. The zero-order valence-corrected chi connectivity index (χ0v) is 8.06. The zero-order valence-electron chi connectivity index (χ0n) is 7.25. The van der Waals surface area contributed by atoms with Crippen LogP contribution in [0.1, 0.15) is 26.2 Å². The maximum atomic E-state index is 10.5. The van der Waals surface area contributed by atoms with E-state index in [1.54, 1.807) is 0 Å². The Balaban J connectivity index is 3.46. The van der Waals surface area contributed by atoms with Gasteiger partial charge in [0, 0.05) is 6.42 Å². The number of carboxylic acids is 1. The summed E-state index contributed by atoms with van der Waals surface area (Å²) in [6.07, 6.45) is 7.39. The van der Waals surface area contributed by atoms with Crippen molar-refractivity contribution in [1.82, 2.24) is 0 Å². The summed E-state index contributed by atoms with van der Waals surface area (Å²) < 4.78 is 0. The molecular formula is C9H14O2S. The summed E-state index contributed by atoms with van der Waals surface area (Å²) in [5.41, 5.74) is 0. The molecule has 0 rings (SSSR count). The van der Waals surface area contributed by atoms with Gasteiger partial charge in [0.25, 0.3) is 0 Å². The van der Waals surface area contributed by atoms with Crippen LogP contribution in [0.3, 0.4) is 0 Å². The Labute approximate surface area is 77.7 Å². The van der Waals surface area contributed by atoms with Crippen LogP contribution in [-0.4, -0.2) is 22.1 Å². The van der Waals surface area contributed by atoms with E-state index < -0.39 is 5.97 Å². The molecule has 0 radical (unpaired) electrons. The average Bonchev–Trinajstić information content (AvgIpc) is 2.04. The highest BCUT2D eigenvalue weighted by molar-refractivity contribution is 8.00. The van der Waals surface area contributed by atoms with Crippen LogP contribution in [0.25, 0.3) is 0 Å². The van der Waals surface area contributed by atoms with E-state index in [4.69, 9.17) is 11.5 Å². The van der Waals surface area contributed by atoms with E-state index in [9.17, 15) is 4.79 Å². The second kappa shape index (κ2) is 7.05. The van der Waals surface area contributed by atoms with Crippen molar-refractivity contribution in [3.05, 3.63) is 0 Å². The number of rotatable bonds is 6. The van der Waals surface area contributed by atoms with Crippen LogP contribution in [0.5, 0.6) is 0 Å². The normalized spacial score (nSPS) is 12.0. The SMILES string of the molecule is C#CCCCSC(CC)C(=O)O. The van der Waals surface area contributed by atoms with Crippen LogP contribution in [0.4, 0.5) is 0 Å². The van der Waals surface area contributed by atoms with Gasteiger partial charge in [0.2, 0.25) is 0 Å². The lowest BCUT2D eigenvalue weighted by Crippen LogP contribution is -2.15. The van der Waals surface area contributed by atoms with Crippen LogP contribution >= 0.6 is 11.8 Å². The van der Waals surface area contributed by atoms with E-state index in [0.717, 1.165) is 18.6 Å². The summed E-state index contributed by atoms with van der Waals surface area (Å²) >= 11 is 1.47. The van der Waals surface area contributed by atoms with Crippen molar-refractivity contribution in [2.75, 3.05) is 5.75 Å². The van der Waals surface area contributed by atoms with Crippen LogP contribution in [-0.2, 0) is 4.79 Å². The first-order valence-electron chi connectivity index (χ1n) is 4.00. The number of carboxylic acid groups (broad SMARTS) is 1. The van der Waals surface area contributed by atoms with E-state index in [0.29, 0.717) is 6.42 Å². The average molecular weight is 186 g/mol. The zero-order chi connectivity index (χ0) is 9.40. The number of terminal acetylenes is 1. The molecule has 3 heteroatoms. The third kappa shape index (κ3) is 5.09. The Morgan fingerprint density at radius 2 is 2.42 bits per heavy atom. The molecule has 1 N–H and O–H groups in total. The van der Waals surface area contributed by atoms with Crippen molar-refractivity contribution in [2.24, 2.45) is 0 Å². The minimum absolute atomic E-state index is 0.261. The molecule has 0 aliphatic heterocycles. The van der Waals surface area contributed by atoms with E-state index in [2.05, 4.69) is 5.92 Å². The lowest BCUT2D eigenvalue weighted by atomic mass is 10.3. The molecule has 12 heavy (non-hydrogen) atoms. The van der Waals surface area contributed by atoms with Crippen LogP contribution in [0, 0.1) is 12.3 Å². The molecule has 0 aromatic rings. The second-order valence-corrected chi connectivity index (χ2v) is 3.72. The van der Waals surface area contributed by atoms with E-state index >= 15 is 0 Å². The third-order valence-electron chi connectivity index (χ3n) is 1.43. The number of hydrogen-bond donors (Lipinski definition) is 1. The molecule has 0 fully saturated rings. The molecule has 0 spiro atoms. The fraction of sp³-hybridized carbons (Fsp3) is 0.667. The van der Waals surface area contributed by atoms with E-state index in [1.807, 2.05) is 6.92 Å². The minimum Gasteiger partial charge on any atom is -0.480 e. The molecule has 0 heterocycles. The molecule has 0 aliphatic rings. The van der Waals surface area contributed by atoms with Gasteiger partial charge in [-0.3, -0.25) is 4.79 Å². The monoisotopic (exact) mass is 186 g/mol. The van der Waals surface area contributed by atoms with Gasteiger partial charge in [0.1, 0.15) is 5.25 Å². The number of aliphatic carboxylic acids is 1. The number of carbonyl (C=O) groups is 1. The third-order valence-corrected chi connectivity index (χ3v) is 2.89. The molecule has 0 saturated heterocycles. The summed E-state index contributed by atoms with van der Waals surface area (Å²) in [7, 11) is 0. The Morgan fingerprint density at radius 1 is 1.75 bits per heavy atom.